The maximum atomic E-state index is 5.33. The third-order valence-electron chi connectivity index (χ3n) is 3.09. The maximum Gasteiger partial charge on any atom is 0.237 e. The Morgan fingerprint density at radius 3 is 2.70 bits per heavy atom. The summed E-state index contributed by atoms with van der Waals surface area (Å²) in [6.07, 6.45) is 3.31. The number of nitrogens with one attached hydrogen (secondary N) is 1. The van der Waals surface area contributed by atoms with Crippen LogP contribution in [0, 0.1) is 6.92 Å². The topological polar surface area (TPSA) is 64.9 Å². The van der Waals surface area contributed by atoms with Gasteiger partial charge in [-0.25, -0.2) is 4.98 Å². The fraction of sp³-hybridized carbons (Fsp3) is 0.500. The van der Waals surface area contributed by atoms with Crippen LogP contribution in [-0.2, 0) is 6.54 Å². The predicted molar refractivity (Wildman–Crippen MR) is 76.7 cm³/mol. The summed E-state index contributed by atoms with van der Waals surface area (Å²) >= 11 is 0. The van der Waals surface area contributed by atoms with Crippen molar-refractivity contribution in [2.45, 2.75) is 33.4 Å². The third-order valence-corrected chi connectivity index (χ3v) is 3.09. The van der Waals surface area contributed by atoms with Crippen LogP contribution in [0.5, 0.6) is 5.88 Å². The first kappa shape index (κ1) is 14.5. The molecule has 6 heteroatoms. The molecule has 0 amide bonds. The standard InChI is InChI=1S/C14H21N5O/c1-5-15-12(11-9-10(3)18-19(11)6-2)13-14(20-4)17-8-7-16-13/h7-9,12,15H,5-6H2,1-4H3. The third kappa shape index (κ3) is 2.80. The van der Waals surface area contributed by atoms with E-state index >= 15 is 0 Å². The normalized spacial score (nSPS) is 12.4. The van der Waals surface area contributed by atoms with E-state index in [0.717, 1.165) is 30.2 Å². The van der Waals surface area contributed by atoms with Crippen LogP contribution >= 0.6 is 0 Å². The van der Waals surface area contributed by atoms with Crippen molar-refractivity contribution in [2.24, 2.45) is 0 Å². The van der Waals surface area contributed by atoms with Crippen LogP contribution in [0.1, 0.15) is 37.0 Å². The van der Waals surface area contributed by atoms with Crippen molar-refractivity contribution >= 4 is 0 Å². The van der Waals surface area contributed by atoms with Crippen molar-refractivity contribution in [3.63, 3.8) is 0 Å². The molecule has 2 aromatic rings. The van der Waals surface area contributed by atoms with E-state index in [2.05, 4.69) is 40.3 Å². The Morgan fingerprint density at radius 1 is 1.30 bits per heavy atom. The molecule has 0 aromatic carbocycles. The van der Waals surface area contributed by atoms with Crippen molar-refractivity contribution in [1.29, 1.82) is 0 Å². The molecule has 2 rings (SSSR count). The van der Waals surface area contributed by atoms with Gasteiger partial charge in [-0.2, -0.15) is 5.10 Å². The van der Waals surface area contributed by atoms with Gasteiger partial charge in [0.1, 0.15) is 5.69 Å². The van der Waals surface area contributed by atoms with Crippen LogP contribution in [-0.4, -0.2) is 33.4 Å². The second-order valence-electron chi connectivity index (χ2n) is 4.47. The van der Waals surface area contributed by atoms with Crippen molar-refractivity contribution in [1.82, 2.24) is 25.1 Å². The SMILES string of the molecule is CCNC(c1nccnc1OC)c1cc(C)nn1CC. The average Bonchev–Trinajstić information content (AvgIpc) is 2.85. The lowest BCUT2D eigenvalue weighted by atomic mass is 10.1. The van der Waals surface area contributed by atoms with Crippen molar-refractivity contribution in [3.8, 4) is 5.88 Å². The molecule has 0 radical (unpaired) electrons. The molecule has 0 saturated heterocycles. The minimum absolute atomic E-state index is 0.0789. The van der Waals surface area contributed by atoms with Crippen LogP contribution in [0.15, 0.2) is 18.5 Å². The van der Waals surface area contributed by atoms with Crippen molar-refractivity contribution in [2.75, 3.05) is 13.7 Å². The van der Waals surface area contributed by atoms with Gasteiger partial charge in [0.2, 0.25) is 5.88 Å². The first-order valence-corrected chi connectivity index (χ1v) is 6.83. The highest BCUT2D eigenvalue weighted by Gasteiger charge is 2.23. The second-order valence-corrected chi connectivity index (χ2v) is 4.47. The zero-order valence-electron chi connectivity index (χ0n) is 12.4. The average molecular weight is 275 g/mol. The van der Waals surface area contributed by atoms with Gasteiger partial charge in [-0.05, 0) is 26.5 Å². The Labute approximate surface area is 119 Å². The lowest BCUT2D eigenvalue weighted by Gasteiger charge is -2.19. The number of nitrogens with zero attached hydrogens (tertiary/aromatic N) is 4. The molecule has 0 bridgehead atoms. The highest BCUT2D eigenvalue weighted by molar-refractivity contribution is 5.30. The van der Waals surface area contributed by atoms with Crippen molar-refractivity contribution < 1.29 is 4.74 Å². The van der Waals surface area contributed by atoms with Crippen molar-refractivity contribution in [3.05, 3.63) is 35.5 Å². The van der Waals surface area contributed by atoms with Gasteiger partial charge < -0.3 is 10.1 Å². The molecule has 0 fully saturated rings. The van der Waals surface area contributed by atoms with Crippen LogP contribution < -0.4 is 10.1 Å². The van der Waals surface area contributed by atoms with Gasteiger partial charge in [0.05, 0.1) is 24.5 Å². The quantitative estimate of drug-likeness (QED) is 0.869. The zero-order chi connectivity index (χ0) is 14.5. The minimum atomic E-state index is -0.0789. The molecule has 0 aliphatic heterocycles. The molecule has 108 valence electrons. The first-order chi connectivity index (χ1) is 9.71. The number of rotatable bonds is 6. The van der Waals surface area contributed by atoms with Gasteiger partial charge in [-0.3, -0.25) is 9.67 Å². The highest BCUT2D eigenvalue weighted by Crippen LogP contribution is 2.26. The number of hydrogen-bond acceptors (Lipinski definition) is 5. The smallest absolute Gasteiger partial charge is 0.237 e. The number of aryl methyl sites for hydroxylation is 2. The molecule has 6 nitrogen and oxygen atoms in total. The van der Waals surface area contributed by atoms with Gasteiger partial charge in [0, 0.05) is 18.9 Å². The number of methoxy groups -OCH3 is 1. The Hall–Kier alpha value is -1.95. The molecule has 0 saturated carbocycles. The van der Waals surface area contributed by atoms with E-state index in [0.29, 0.717) is 5.88 Å². The monoisotopic (exact) mass is 275 g/mol. The lowest BCUT2D eigenvalue weighted by molar-refractivity contribution is 0.380. The summed E-state index contributed by atoms with van der Waals surface area (Å²) in [5.74, 6) is 0.542. The van der Waals surface area contributed by atoms with E-state index in [-0.39, 0.29) is 6.04 Å². The Kier molecular flexibility index (Phi) is 4.68. The zero-order valence-corrected chi connectivity index (χ0v) is 12.4. The van der Waals surface area contributed by atoms with Gasteiger partial charge in [0.25, 0.3) is 0 Å². The molecule has 20 heavy (non-hydrogen) atoms. The number of ether oxygens (including phenoxy) is 1. The first-order valence-electron chi connectivity index (χ1n) is 6.83. The Bertz CT molecular complexity index is 566. The fourth-order valence-electron chi connectivity index (χ4n) is 2.29. The Balaban J connectivity index is 2.50. The predicted octanol–water partition coefficient (Wildman–Crippen LogP) is 1.71. The van der Waals surface area contributed by atoms with E-state index < -0.39 is 0 Å². The molecule has 1 atom stereocenters. The van der Waals surface area contributed by atoms with E-state index in [9.17, 15) is 0 Å². The van der Waals surface area contributed by atoms with Gasteiger partial charge in [0.15, 0.2) is 0 Å². The summed E-state index contributed by atoms with van der Waals surface area (Å²) in [6.45, 7) is 7.76. The minimum Gasteiger partial charge on any atom is -0.480 e. The molecule has 2 aromatic heterocycles. The van der Waals surface area contributed by atoms with Gasteiger partial charge in [-0.15, -0.1) is 0 Å². The summed E-state index contributed by atoms with van der Waals surface area (Å²) in [5, 5.41) is 7.94. The lowest BCUT2D eigenvalue weighted by Crippen LogP contribution is -2.26. The van der Waals surface area contributed by atoms with Gasteiger partial charge in [-0.1, -0.05) is 6.92 Å². The molecule has 1 unspecified atom stereocenters. The summed E-state index contributed by atoms with van der Waals surface area (Å²) in [6, 6.07) is 2.00. The van der Waals surface area contributed by atoms with E-state index in [4.69, 9.17) is 4.74 Å². The van der Waals surface area contributed by atoms with Crippen LogP contribution in [0.2, 0.25) is 0 Å². The van der Waals surface area contributed by atoms with E-state index in [1.54, 1.807) is 19.5 Å². The summed E-state index contributed by atoms with van der Waals surface area (Å²) in [5.41, 5.74) is 2.85. The number of aromatic nitrogens is 4. The molecule has 0 aliphatic carbocycles. The van der Waals surface area contributed by atoms with Gasteiger partial charge >= 0.3 is 0 Å². The van der Waals surface area contributed by atoms with Crippen LogP contribution in [0.3, 0.4) is 0 Å². The van der Waals surface area contributed by atoms with E-state index in [1.165, 1.54) is 0 Å². The molecular formula is C14H21N5O. The number of hydrogen-bond donors (Lipinski definition) is 1. The molecular weight excluding hydrogens is 254 g/mol. The Morgan fingerprint density at radius 2 is 2.05 bits per heavy atom. The summed E-state index contributed by atoms with van der Waals surface area (Å²) in [4.78, 5) is 8.67. The highest BCUT2D eigenvalue weighted by atomic mass is 16.5. The molecule has 1 N–H and O–H groups in total. The second kappa shape index (κ2) is 6.47. The van der Waals surface area contributed by atoms with E-state index in [1.807, 2.05) is 11.6 Å². The molecule has 2 heterocycles. The largest absolute Gasteiger partial charge is 0.480 e. The summed E-state index contributed by atoms with van der Waals surface area (Å²) in [7, 11) is 1.61. The fourth-order valence-corrected chi connectivity index (χ4v) is 2.29. The van der Waals surface area contributed by atoms with Crippen LogP contribution in [0.25, 0.3) is 0 Å². The summed E-state index contributed by atoms with van der Waals surface area (Å²) < 4.78 is 7.31. The molecule has 0 spiro atoms. The maximum absolute atomic E-state index is 5.33. The molecule has 0 aliphatic rings. The van der Waals surface area contributed by atoms with Crippen LogP contribution in [0.4, 0.5) is 0 Å².